The number of aromatic nitrogens is 1. The Labute approximate surface area is 295 Å². The molecule has 0 bridgehead atoms. The number of sulfone groups is 1. The summed E-state index contributed by atoms with van der Waals surface area (Å²) in [6, 6.07) is 6.59. The summed E-state index contributed by atoms with van der Waals surface area (Å²) in [4.78, 5) is 50.9. The molecular weight excluding hydrogens is 730 g/mol. The molecular formula is C31H32Cl2F3N5O8S. The molecule has 270 valence electrons. The van der Waals surface area contributed by atoms with Crippen LogP contribution in [0.2, 0.25) is 10.0 Å². The number of benzene rings is 1. The highest BCUT2D eigenvalue weighted by Gasteiger charge is 2.59. The Morgan fingerprint density at radius 3 is 2.34 bits per heavy atom. The number of pyridine rings is 1. The van der Waals surface area contributed by atoms with Gasteiger partial charge >= 0.3 is 12.3 Å². The first-order chi connectivity index (χ1) is 23.2. The van der Waals surface area contributed by atoms with Gasteiger partial charge in [-0.25, -0.2) is 13.2 Å². The van der Waals surface area contributed by atoms with Gasteiger partial charge in [-0.15, -0.1) is 5.06 Å². The van der Waals surface area contributed by atoms with Crippen molar-refractivity contribution >= 4 is 51.0 Å². The van der Waals surface area contributed by atoms with Crippen LogP contribution in [-0.2, 0) is 34.4 Å². The summed E-state index contributed by atoms with van der Waals surface area (Å²) in [7, 11) is -4.42. The van der Waals surface area contributed by atoms with E-state index in [1.165, 1.54) is 23.4 Å². The van der Waals surface area contributed by atoms with E-state index in [2.05, 4.69) is 15.0 Å². The highest BCUT2D eigenvalue weighted by molar-refractivity contribution is 7.92. The van der Waals surface area contributed by atoms with E-state index in [0.29, 0.717) is 12.8 Å². The second kappa shape index (κ2) is 13.4. The Morgan fingerprint density at radius 2 is 1.80 bits per heavy atom. The largest absolute Gasteiger partial charge is 0.528 e. The number of nitrogens with one attached hydrogen (secondary N) is 1. The monoisotopic (exact) mass is 761 g/mol. The van der Waals surface area contributed by atoms with Gasteiger partial charge in [0.1, 0.15) is 28.3 Å². The van der Waals surface area contributed by atoms with Crippen LogP contribution in [0.3, 0.4) is 0 Å². The smallest absolute Gasteiger partial charge is 0.484 e. The van der Waals surface area contributed by atoms with Gasteiger partial charge in [-0.3, -0.25) is 14.6 Å². The molecule has 13 nitrogen and oxygen atoms in total. The molecule has 2 aliphatic heterocycles. The van der Waals surface area contributed by atoms with Crippen molar-refractivity contribution in [2.24, 2.45) is 0 Å². The number of carbonyl (C=O) groups is 3. The van der Waals surface area contributed by atoms with E-state index in [9.17, 15) is 41.2 Å². The van der Waals surface area contributed by atoms with Crippen LogP contribution < -0.4 is 10.1 Å². The molecule has 2 aromatic rings. The number of likely N-dealkylation sites (tertiary alicyclic amines) is 1. The van der Waals surface area contributed by atoms with E-state index in [1.54, 1.807) is 20.8 Å². The Kier molecular flexibility index (Phi) is 10.00. The van der Waals surface area contributed by atoms with Crippen molar-refractivity contribution in [2.75, 3.05) is 26.2 Å². The summed E-state index contributed by atoms with van der Waals surface area (Å²) in [6.45, 7) is 2.31. The molecule has 0 radical (unpaired) electrons. The molecule has 5 rings (SSSR count). The number of amides is 2. The fourth-order valence-corrected chi connectivity index (χ4v) is 8.03. The first-order valence-electron chi connectivity index (χ1n) is 15.2. The van der Waals surface area contributed by atoms with Gasteiger partial charge in [-0.2, -0.15) is 18.4 Å². The molecule has 3 heterocycles. The highest BCUT2D eigenvalue weighted by Crippen LogP contribution is 2.41. The van der Waals surface area contributed by atoms with Gasteiger partial charge in [0.05, 0.1) is 45.0 Å². The Morgan fingerprint density at radius 1 is 1.12 bits per heavy atom. The zero-order valence-corrected chi connectivity index (χ0v) is 29.2. The fourth-order valence-electron chi connectivity index (χ4n) is 5.69. The van der Waals surface area contributed by atoms with Crippen LogP contribution in [0.25, 0.3) is 0 Å². The average molecular weight is 763 g/mol. The van der Waals surface area contributed by atoms with Crippen molar-refractivity contribution < 1.29 is 50.3 Å². The normalized spacial score (nSPS) is 21.4. The number of nitrogens with zero attached hydrogens (tertiary/aromatic N) is 4. The minimum atomic E-state index is -4.64. The summed E-state index contributed by atoms with van der Waals surface area (Å²) >= 11 is 12.3. The summed E-state index contributed by atoms with van der Waals surface area (Å²) in [5.41, 5.74) is -3.35. The summed E-state index contributed by atoms with van der Waals surface area (Å²) in [5, 5.41) is 11.8. The molecule has 2 saturated heterocycles. The molecule has 3 fully saturated rings. The van der Waals surface area contributed by atoms with E-state index >= 15 is 0 Å². The van der Waals surface area contributed by atoms with Gasteiger partial charge in [-0.05, 0) is 64.3 Å². The average Bonchev–Trinajstić information content (AvgIpc) is 3.61. The van der Waals surface area contributed by atoms with Crippen molar-refractivity contribution in [1.82, 2.24) is 20.3 Å². The molecule has 1 saturated carbocycles. The molecule has 1 aliphatic carbocycles. The van der Waals surface area contributed by atoms with Crippen LogP contribution in [0.4, 0.5) is 18.0 Å². The number of alkyl halides is 3. The third-order valence-electron chi connectivity index (χ3n) is 8.32. The van der Waals surface area contributed by atoms with Gasteiger partial charge in [0, 0.05) is 18.8 Å². The van der Waals surface area contributed by atoms with E-state index in [1.807, 2.05) is 6.07 Å². The lowest BCUT2D eigenvalue weighted by molar-refractivity contribution is -0.211. The van der Waals surface area contributed by atoms with Crippen LogP contribution in [-0.4, -0.2) is 96.2 Å². The molecule has 0 spiro atoms. The van der Waals surface area contributed by atoms with Crippen LogP contribution in [0, 0.1) is 11.3 Å². The van der Waals surface area contributed by atoms with Crippen molar-refractivity contribution in [2.45, 2.75) is 79.0 Å². The number of rotatable bonds is 9. The maximum Gasteiger partial charge on any atom is 0.528 e. The van der Waals surface area contributed by atoms with Crippen LogP contribution >= 0.6 is 23.2 Å². The second-order valence-electron chi connectivity index (χ2n) is 13.4. The van der Waals surface area contributed by atoms with Crippen LogP contribution in [0.5, 0.6) is 5.75 Å². The maximum absolute atomic E-state index is 14.6. The predicted octanol–water partition coefficient (Wildman–Crippen LogP) is 4.37. The Hall–Kier alpha value is -3.85. The number of hydroxylamine groups is 2. The molecule has 2 atom stereocenters. The SMILES string of the molecule is CC(C)(C)OC(=O)ON1CC(C(=O)N2C[C@H](S(=O)(=O)c3ccc(OCC(F)(F)F)cc3Cl)C[C@H]2C(=O)NC2(C#N)CC2)(c2ccc(Cl)cn2)C1. The predicted molar refractivity (Wildman–Crippen MR) is 170 cm³/mol. The summed E-state index contributed by atoms with van der Waals surface area (Å²) < 4.78 is 75.7. The van der Waals surface area contributed by atoms with Gasteiger partial charge in [0.2, 0.25) is 11.8 Å². The lowest BCUT2D eigenvalue weighted by atomic mass is 9.76. The molecule has 19 heteroatoms. The van der Waals surface area contributed by atoms with E-state index in [-0.39, 0.29) is 29.6 Å². The Bertz CT molecular complexity index is 1820. The number of hydrogen-bond acceptors (Lipinski definition) is 11. The number of halogens is 5. The summed E-state index contributed by atoms with van der Waals surface area (Å²) in [5.74, 6) is -1.78. The van der Waals surface area contributed by atoms with E-state index in [0.717, 1.165) is 23.1 Å². The molecule has 1 aromatic carbocycles. The lowest BCUT2D eigenvalue weighted by Gasteiger charge is -2.48. The number of ether oxygens (including phenoxy) is 2. The number of hydrogen-bond donors (Lipinski definition) is 1. The highest BCUT2D eigenvalue weighted by atomic mass is 35.5. The third kappa shape index (κ3) is 8.03. The van der Waals surface area contributed by atoms with Gasteiger partial charge in [0.15, 0.2) is 16.4 Å². The zero-order chi connectivity index (χ0) is 36.9. The van der Waals surface area contributed by atoms with Crippen molar-refractivity contribution in [3.8, 4) is 11.8 Å². The van der Waals surface area contributed by atoms with Crippen LogP contribution in [0.1, 0.15) is 45.7 Å². The zero-order valence-electron chi connectivity index (χ0n) is 26.9. The lowest BCUT2D eigenvalue weighted by Crippen LogP contribution is -2.68. The minimum Gasteiger partial charge on any atom is -0.484 e. The number of carbonyl (C=O) groups excluding carboxylic acids is 3. The molecule has 0 unspecified atom stereocenters. The van der Waals surface area contributed by atoms with Crippen molar-refractivity contribution in [3.63, 3.8) is 0 Å². The fraction of sp³-hybridized carbons (Fsp3) is 0.516. The van der Waals surface area contributed by atoms with Crippen LogP contribution in [0.15, 0.2) is 41.4 Å². The quantitative estimate of drug-likeness (QED) is 0.361. The summed E-state index contributed by atoms with van der Waals surface area (Å²) in [6.07, 6.45) is -4.03. The molecule has 1 aromatic heterocycles. The van der Waals surface area contributed by atoms with Gasteiger partial charge < -0.3 is 24.5 Å². The maximum atomic E-state index is 14.6. The minimum absolute atomic E-state index is 0.203. The van der Waals surface area contributed by atoms with Crippen molar-refractivity contribution in [3.05, 3.63) is 52.3 Å². The molecule has 1 N–H and O–H groups in total. The molecule has 3 aliphatic rings. The van der Waals surface area contributed by atoms with Gasteiger partial charge in [-0.1, -0.05) is 23.2 Å². The second-order valence-corrected chi connectivity index (χ2v) is 16.4. The Balaban J connectivity index is 1.45. The molecule has 50 heavy (non-hydrogen) atoms. The van der Waals surface area contributed by atoms with E-state index < -0.39 is 91.3 Å². The van der Waals surface area contributed by atoms with Crippen molar-refractivity contribution in [1.29, 1.82) is 5.26 Å². The standard InChI is InChI=1S/C31H32Cl2F3N5O8S/c1-28(2,3)48-27(44)49-40-15-30(16-40,24-7-4-18(32)12-38-24)26(43)41-13-20(11-22(41)25(42)39-29(14-37)8-9-29)50(45,46)23-6-5-19(10-21(23)33)47-17-31(34,35)36/h4-7,10,12,20,22H,8-9,11,13,15-17H2,1-3H3,(H,39,42)/t20-,22+/m1/s1. The topological polar surface area (TPSA) is 168 Å². The van der Waals surface area contributed by atoms with E-state index in [4.69, 9.17) is 32.8 Å². The third-order valence-corrected chi connectivity index (χ3v) is 11.2. The molecule has 2 amide bonds. The first kappa shape index (κ1) is 37.4. The first-order valence-corrected chi connectivity index (χ1v) is 17.5. The van der Waals surface area contributed by atoms with Gasteiger partial charge in [0.25, 0.3) is 0 Å². The number of nitriles is 1.